The zero-order chi connectivity index (χ0) is 26.4. The minimum atomic E-state index is -0.298. The highest BCUT2D eigenvalue weighted by Gasteiger charge is 2.31. The average Bonchev–Trinajstić information content (AvgIpc) is 3.52. The number of fused-ring (bicyclic) bond motifs is 5. The standard InChI is InChI=1S/C28H33N5O3S2/c1-17(2)21-14-20-22(16-36-21)38-26-23(20)25(35)32(15-19-10-6-4-7-11-19)27-29-30-28(33(26)27)37-18(3)24(34)31-12-8-5-9-13-31/h4,6-7,10-11,17-18,21H,5,8-9,12-16H2,1-3H3/t18-,21+/m0/s1. The molecule has 0 N–H and O–H groups in total. The fourth-order valence-electron chi connectivity index (χ4n) is 5.48. The molecule has 2 aliphatic rings. The number of piperidine rings is 1. The van der Waals surface area contributed by atoms with Crippen molar-refractivity contribution in [2.24, 2.45) is 5.92 Å². The first-order valence-electron chi connectivity index (χ1n) is 13.5. The van der Waals surface area contributed by atoms with Gasteiger partial charge in [-0.2, -0.15) is 0 Å². The molecule has 2 atom stereocenters. The Morgan fingerprint density at radius 1 is 1.13 bits per heavy atom. The van der Waals surface area contributed by atoms with E-state index in [4.69, 9.17) is 4.74 Å². The third kappa shape index (κ3) is 4.56. The maximum Gasteiger partial charge on any atom is 0.264 e. The van der Waals surface area contributed by atoms with Gasteiger partial charge in [-0.3, -0.25) is 14.2 Å². The lowest BCUT2D eigenvalue weighted by Gasteiger charge is -2.28. The first-order valence-corrected chi connectivity index (χ1v) is 15.1. The van der Waals surface area contributed by atoms with Crippen LogP contribution in [0.5, 0.6) is 0 Å². The summed E-state index contributed by atoms with van der Waals surface area (Å²) in [6.45, 7) is 8.81. The molecule has 0 unspecified atom stereocenters. The normalized spacial score (nSPS) is 18.8. The summed E-state index contributed by atoms with van der Waals surface area (Å²) in [5.41, 5.74) is 2.07. The summed E-state index contributed by atoms with van der Waals surface area (Å²) >= 11 is 3.02. The lowest BCUT2D eigenvalue weighted by Crippen LogP contribution is -2.40. The molecule has 4 aromatic rings. The lowest BCUT2D eigenvalue weighted by molar-refractivity contribution is -0.131. The third-order valence-corrected chi connectivity index (χ3v) is 9.87. The van der Waals surface area contributed by atoms with Gasteiger partial charge in [-0.1, -0.05) is 55.9 Å². The Balaban J connectivity index is 1.48. The third-order valence-electron chi connectivity index (χ3n) is 7.65. The summed E-state index contributed by atoms with van der Waals surface area (Å²) in [6, 6.07) is 9.96. The first-order chi connectivity index (χ1) is 18.4. The van der Waals surface area contributed by atoms with Crippen molar-refractivity contribution in [3.63, 3.8) is 0 Å². The molecular weight excluding hydrogens is 518 g/mol. The van der Waals surface area contributed by atoms with Gasteiger partial charge in [-0.15, -0.1) is 21.5 Å². The van der Waals surface area contributed by atoms with E-state index in [0.717, 1.165) is 52.2 Å². The Labute approximate surface area is 230 Å². The van der Waals surface area contributed by atoms with Gasteiger partial charge in [0.1, 0.15) is 4.83 Å². The number of thioether (sulfide) groups is 1. The van der Waals surface area contributed by atoms with E-state index in [1.807, 2.05) is 46.6 Å². The molecule has 0 spiro atoms. The van der Waals surface area contributed by atoms with Crippen molar-refractivity contribution in [1.82, 2.24) is 24.1 Å². The van der Waals surface area contributed by atoms with Crippen LogP contribution in [0.3, 0.4) is 0 Å². The Kier molecular flexibility index (Phi) is 7.05. The number of ether oxygens (including phenoxy) is 1. The maximum absolute atomic E-state index is 14.1. The molecule has 38 heavy (non-hydrogen) atoms. The fraction of sp³-hybridized carbons (Fsp3) is 0.500. The summed E-state index contributed by atoms with van der Waals surface area (Å²) in [5.74, 6) is 1.00. The number of thiophene rings is 1. The number of aromatic nitrogens is 4. The predicted octanol–water partition coefficient (Wildman–Crippen LogP) is 4.74. The summed E-state index contributed by atoms with van der Waals surface area (Å²) in [5, 5.41) is 10.1. The number of carbonyl (C=O) groups is 1. The van der Waals surface area contributed by atoms with Gasteiger partial charge < -0.3 is 9.64 Å². The van der Waals surface area contributed by atoms with Crippen LogP contribution in [0.15, 0.2) is 40.3 Å². The predicted molar refractivity (Wildman–Crippen MR) is 151 cm³/mol. The number of likely N-dealkylation sites (tertiary alicyclic amines) is 1. The summed E-state index contributed by atoms with van der Waals surface area (Å²) in [4.78, 5) is 31.2. The molecular formula is C28H33N5O3S2. The molecule has 0 saturated carbocycles. The van der Waals surface area contributed by atoms with E-state index in [2.05, 4.69) is 24.0 Å². The number of amides is 1. The van der Waals surface area contributed by atoms with Gasteiger partial charge in [-0.25, -0.2) is 4.40 Å². The second-order valence-corrected chi connectivity index (χ2v) is 13.0. The number of rotatable bonds is 6. The van der Waals surface area contributed by atoms with E-state index < -0.39 is 0 Å². The number of carbonyl (C=O) groups excluding carboxylic acids is 1. The number of hydrogen-bond acceptors (Lipinski definition) is 7. The second-order valence-electron chi connectivity index (χ2n) is 10.6. The molecule has 8 nitrogen and oxygen atoms in total. The van der Waals surface area contributed by atoms with Gasteiger partial charge in [0.05, 0.1) is 29.9 Å². The SMILES string of the molecule is CC(C)[C@H]1Cc2c(sc3c2c(=O)n(Cc2ccccc2)c2nnc(S[C@@H](C)C(=O)N4CCCCC4)n32)CO1. The summed E-state index contributed by atoms with van der Waals surface area (Å²) in [7, 11) is 0. The molecule has 5 heterocycles. The first kappa shape index (κ1) is 25.6. The molecule has 1 fully saturated rings. The van der Waals surface area contributed by atoms with E-state index in [1.165, 1.54) is 18.2 Å². The molecule has 2 aliphatic heterocycles. The fourth-order valence-corrected chi connectivity index (χ4v) is 7.72. The van der Waals surface area contributed by atoms with E-state index in [9.17, 15) is 9.59 Å². The van der Waals surface area contributed by atoms with E-state index >= 15 is 0 Å². The van der Waals surface area contributed by atoms with Gasteiger partial charge in [0.2, 0.25) is 11.7 Å². The molecule has 0 radical (unpaired) electrons. The molecule has 1 saturated heterocycles. The van der Waals surface area contributed by atoms with Gasteiger partial charge in [-0.05, 0) is 43.2 Å². The zero-order valence-electron chi connectivity index (χ0n) is 22.1. The van der Waals surface area contributed by atoms with Gasteiger partial charge in [0.25, 0.3) is 5.56 Å². The Hall–Kier alpha value is -2.69. The molecule has 6 rings (SSSR count). The summed E-state index contributed by atoms with van der Waals surface area (Å²) < 4.78 is 9.89. The van der Waals surface area contributed by atoms with Crippen molar-refractivity contribution in [3.8, 4) is 0 Å². The molecule has 1 aromatic carbocycles. The summed E-state index contributed by atoms with van der Waals surface area (Å²) in [6.07, 6.45) is 4.09. The molecule has 3 aromatic heterocycles. The molecule has 0 bridgehead atoms. The topological polar surface area (TPSA) is 81.7 Å². The monoisotopic (exact) mass is 551 g/mol. The van der Waals surface area contributed by atoms with Crippen molar-refractivity contribution in [2.75, 3.05) is 13.1 Å². The highest BCUT2D eigenvalue weighted by atomic mass is 32.2. The highest BCUT2D eigenvalue weighted by molar-refractivity contribution is 8.00. The van der Waals surface area contributed by atoms with Crippen molar-refractivity contribution in [1.29, 1.82) is 0 Å². The average molecular weight is 552 g/mol. The van der Waals surface area contributed by atoms with Crippen molar-refractivity contribution >= 4 is 45.0 Å². The maximum atomic E-state index is 14.1. The van der Waals surface area contributed by atoms with Crippen LogP contribution in [-0.2, 0) is 29.1 Å². The van der Waals surface area contributed by atoms with Crippen LogP contribution in [0.1, 0.15) is 56.0 Å². The van der Waals surface area contributed by atoms with Crippen molar-refractivity contribution < 1.29 is 9.53 Å². The van der Waals surface area contributed by atoms with E-state index in [1.54, 1.807) is 15.9 Å². The minimum Gasteiger partial charge on any atom is -0.372 e. The molecule has 0 aliphatic carbocycles. The van der Waals surface area contributed by atoms with E-state index in [-0.39, 0.29) is 22.8 Å². The van der Waals surface area contributed by atoms with Crippen molar-refractivity contribution in [3.05, 3.63) is 56.7 Å². The molecule has 1 amide bonds. The van der Waals surface area contributed by atoms with Crippen LogP contribution < -0.4 is 5.56 Å². The largest absolute Gasteiger partial charge is 0.372 e. The van der Waals surface area contributed by atoms with Crippen LogP contribution in [0, 0.1) is 5.92 Å². The quantitative estimate of drug-likeness (QED) is 0.322. The van der Waals surface area contributed by atoms with Gasteiger partial charge >= 0.3 is 0 Å². The smallest absolute Gasteiger partial charge is 0.264 e. The highest BCUT2D eigenvalue weighted by Crippen LogP contribution is 2.38. The van der Waals surface area contributed by atoms with E-state index in [0.29, 0.717) is 36.4 Å². The van der Waals surface area contributed by atoms with Crippen molar-refractivity contribution in [2.45, 2.75) is 76.1 Å². The Morgan fingerprint density at radius 3 is 2.63 bits per heavy atom. The molecule has 200 valence electrons. The Bertz CT molecular complexity index is 1540. The number of hydrogen-bond donors (Lipinski definition) is 0. The van der Waals surface area contributed by atoms with Gasteiger partial charge in [0.15, 0.2) is 5.16 Å². The molecule has 10 heteroatoms. The van der Waals surface area contributed by atoms with Crippen LogP contribution in [0.2, 0.25) is 0 Å². The van der Waals surface area contributed by atoms with Crippen LogP contribution >= 0.6 is 23.1 Å². The lowest BCUT2D eigenvalue weighted by atomic mass is 9.96. The minimum absolute atomic E-state index is 0.0420. The Morgan fingerprint density at radius 2 is 1.89 bits per heavy atom. The van der Waals surface area contributed by atoms with Crippen LogP contribution in [0.4, 0.5) is 0 Å². The second kappa shape index (κ2) is 10.5. The van der Waals surface area contributed by atoms with Crippen LogP contribution in [-0.4, -0.2) is 54.4 Å². The zero-order valence-corrected chi connectivity index (χ0v) is 23.7. The number of nitrogens with zero attached hydrogens (tertiary/aromatic N) is 5. The van der Waals surface area contributed by atoms with Gasteiger partial charge in [0, 0.05) is 24.4 Å². The van der Waals surface area contributed by atoms with Crippen LogP contribution in [0.25, 0.3) is 16.0 Å². The number of benzene rings is 1.